The van der Waals surface area contributed by atoms with Gasteiger partial charge in [-0.15, -0.1) is 0 Å². The number of ether oxygens (including phenoxy) is 5. The lowest BCUT2D eigenvalue weighted by molar-refractivity contribution is 0.101. The number of ketones is 1. The minimum absolute atomic E-state index is 0.166. The molecule has 0 N–H and O–H groups in total. The van der Waals surface area contributed by atoms with Gasteiger partial charge < -0.3 is 33.0 Å². The van der Waals surface area contributed by atoms with Crippen molar-refractivity contribution in [3.05, 3.63) is 41.7 Å². The van der Waals surface area contributed by atoms with Crippen LogP contribution in [0.15, 0.2) is 34.9 Å². The third-order valence-corrected chi connectivity index (χ3v) is 5.70. The monoisotopic (exact) mass is 471 g/mol. The number of likely N-dealkylation sites (N-methyl/N-ethyl adjacent to an activating group) is 1. The molecule has 184 valence electrons. The number of furan rings is 1. The van der Waals surface area contributed by atoms with E-state index in [1.807, 2.05) is 18.2 Å². The molecule has 0 unspecified atom stereocenters. The van der Waals surface area contributed by atoms with E-state index in [9.17, 15) is 4.79 Å². The normalized spacial score (nSPS) is 11.0. The van der Waals surface area contributed by atoms with Gasteiger partial charge in [-0.25, -0.2) is 0 Å². The number of fused-ring (bicyclic) bond motifs is 1. The van der Waals surface area contributed by atoms with E-state index in [0.29, 0.717) is 40.4 Å². The average molecular weight is 472 g/mol. The summed E-state index contributed by atoms with van der Waals surface area (Å²) in [5.41, 5.74) is 2.02. The highest BCUT2D eigenvalue weighted by molar-refractivity contribution is 6.08. The lowest BCUT2D eigenvalue weighted by Gasteiger charge is -2.19. The third-order valence-electron chi connectivity index (χ3n) is 5.70. The fraction of sp³-hybridized carbons (Fsp3) is 0.423. The molecule has 0 radical (unpaired) electrons. The fourth-order valence-corrected chi connectivity index (χ4v) is 3.95. The summed E-state index contributed by atoms with van der Waals surface area (Å²) in [6, 6.07) is 7.72. The first-order valence-electron chi connectivity index (χ1n) is 11.1. The molecular weight excluding hydrogens is 438 g/mol. The van der Waals surface area contributed by atoms with Crippen LogP contribution >= 0.6 is 0 Å². The Labute approximate surface area is 200 Å². The summed E-state index contributed by atoms with van der Waals surface area (Å²) in [5, 5.41) is 0.673. The summed E-state index contributed by atoms with van der Waals surface area (Å²) in [5.74, 6) is 2.46. The molecule has 3 aromatic rings. The SMILES string of the molecule is COc1ccc(CCN(C)CCCOc2c(C(C)=O)c(OC)c3ccoc3c2OC)cc1OC. The Morgan fingerprint density at radius 1 is 0.912 bits per heavy atom. The van der Waals surface area contributed by atoms with Crippen LogP contribution in [0, 0.1) is 0 Å². The molecule has 0 bridgehead atoms. The molecule has 0 aliphatic rings. The van der Waals surface area contributed by atoms with Crippen molar-refractivity contribution in [2.45, 2.75) is 19.8 Å². The zero-order valence-corrected chi connectivity index (χ0v) is 20.7. The topological polar surface area (TPSA) is 79.6 Å². The standard InChI is InChI=1S/C26H33NO7/c1-17(28)22-23(31-5)19-11-15-34-24(19)26(32-6)25(22)33-14-7-12-27(2)13-10-18-8-9-20(29-3)21(16-18)30-4/h8-9,11,15-16H,7,10,12-14H2,1-6H3. The number of hydrogen-bond acceptors (Lipinski definition) is 8. The maximum absolute atomic E-state index is 12.5. The molecule has 0 fully saturated rings. The van der Waals surface area contributed by atoms with E-state index in [-0.39, 0.29) is 5.78 Å². The molecule has 0 spiro atoms. The van der Waals surface area contributed by atoms with Gasteiger partial charge in [-0.2, -0.15) is 0 Å². The van der Waals surface area contributed by atoms with Crippen molar-refractivity contribution in [2.75, 3.05) is 55.2 Å². The van der Waals surface area contributed by atoms with Gasteiger partial charge in [-0.1, -0.05) is 6.07 Å². The van der Waals surface area contributed by atoms with Crippen molar-refractivity contribution >= 4 is 16.8 Å². The maximum atomic E-state index is 12.5. The minimum Gasteiger partial charge on any atom is -0.495 e. The van der Waals surface area contributed by atoms with E-state index in [0.717, 1.165) is 37.4 Å². The molecule has 0 atom stereocenters. The summed E-state index contributed by atoms with van der Waals surface area (Å²) in [4.78, 5) is 14.7. The quantitative estimate of drug-likeness (QED) is 0.264. The summed E-state index contributed by atoms with van der Waals surface area (Å²) < 4.78 is 33.4. The van der Waals surface area contributed by atoms with Gasteiger partial charge in [-0.05, 0) is 50.6 Å². The van der Waals surface area contributed by atoms with E-state index in [2.05, 4.69) is 11.9 Å². The van der Waals surface area contributed by atoms with Gasteiger partial charge in [0.25, 0.3) is 0 Å². The van der Waals surface area contributed by atoms with Crippen LogP contribution in [-0.2, 0) is 6.42 Å². The first kappa shape index (κ1) is 25.2. The van der Waals surface area contributed by atoms with E-state index in [1.165, 1.54) is 33.0 Å². The van der Waals surface area contributed by atoms with Gasteiger partial charge in [0.1, 0.15) is 11.3 Å². The van der Waals surface area contributed by atoms with Crippen LogP contribution in [0.2, 0.25) is 0 Å². The number of carbonyl (C=O) groups excluding carboxylic acids is 1. The molecule has 34 heavy (non-hydrogen) atoms. The largest absolute Gasteiger partial charge is 0.495 e. The van der Waals surface area contributed by atoms with E-state index in [4.69, 9.17) is 28.1 Å². The smallest absolute Gasteiger partial charge is 0.205 e. The summed E-state index contributed by atoms with van der Waals surface area (Å²) in [6.45, 7) is 3.60. The van der Waals surface area contributed by atoms with Crippen LogP contribution in [0.5, 0.6) is 28.7 Å². The minimum atomic E-state index is -0.166. The second-order valence-corrected chi connectivity index (χ2v) is 7.93. The Morgan fingerprint density at radius 3 is 2.29 bits per heavy atom. The number of benzene rings is 2. The zero-order valence-electron chi connectivity index (χ0n) is 20.7. The second kappa shape index (κ2) is 11.7. The van der Waals surface area contributed by atoms with Crippen LogP contribution in [0.25, 0.3) is 11.0 Å². The van der Waals surface area contributed by atoms with Crippen molar-refractivity contribution < 1.29 is 32.9 Å². The molecular formula is C26H33NO7. The van der Waals surface area contributed by atoms with Crippen LogP contribution in [0.1, 0.15) is 29.3 Å². The molecule has 3 rings (SSSR count). The van der Waals surface area contributed by atoms with Crippen LogP contribution in [0.3, 0.4) is 0 Å². The lowest BCUT2D eigenvalue weighted by Crippen LogP contribution is -2.24. The molecule has 1 heterocycles. The number of Topliss-reactive ketones (excluding diaryl/α,β-unsaturated/α-hetero) is 1. The van der Waals surface area contributed by atoms with Crippen molar-refractivity contribution in [1.82, 2.24) is 4.90 Å². The number of rotatable bonds is 13. The molecule has 0 aliphatic carbocycles. The number of methoxy groups -OCH3 is 4. The molecule has 0 saturated carbocycles. The van der Waals surface area contributed by atoms with E-state index >= 15 is 0 Å². The molecule has 0 amide bonds. The maximum Gasteiger partial charge on any atom is 0.205 e. The van der Waals surface area contributed by atoms with Crippen LogP contribution < -0.4 is 23.7 Å². The van der Waals surface area contributed by atoms with Gasteiger partial charge in [0.2, 0.25) is 5.75 Å². The molecule has 8 nitrogen and oxygen atoms in total. The lowest BCUT2D eigenvalue weighted by atomic mass is 10.0. The Balaban J connectivity index is 1.62. The molecule has 0 aliphatic heterocycles. The number of carbonyl (C=O) groups is 1. The number of hydrogen-bond donors (Lipinski definition) is 0. The number of nitrogens with zero attached hydrogens (tertiary/aromatic N) is 1. The van der Waals surface area contributed by atoms with Crippen LogP contribution in [0.4, 0.5) is 0 Å². The highest BCUT2D eigenvalue weighted by Crippen LogP contribution is 2.46. The predicted octanol–water partition coefficient (Wildman–Crippen LogP) is 4.61. The molecule has 1 aromatic heterocycles. The summed E-state index contributed by atoms with van der Waals surface area (Å²) in [6.07, 6.45) is 3.19. The van der Waals surface area contributed by atoms with Crippen LogP contribution in [-0.4, -0.2) is 65.9 Å². The van der Waals surface area contributed by atoms with Crippen molar-refractivity contribution in [3.63, 3.8) is 0 Å². The van der Waals surface area contributed by atoms with Crippen molar-refractivity contribution in [3.8, 4) is 28.7 Å². The molecule has 8 heteroatoms. The van der Waals surface area contributed by atoms with Gasteiger partial charge in [0.05, 0.1) is 46.7 Å². The van der Waals surface area contributed by atoms with Crippen molar-refractivity contribution in [2.24, 2.45) is 0 Å². The fourth-order valence-electron chi connectivity index (χ4n) is 3.95. The average Bonchev–Trinajstić information content (AvgIpc) is 3.33. The second-order valence-electron chi connectivity index (χ2n) is 7.93. The Hall–Kier alpha value is -3.39. The van der Waals surface area contributed by atoms with E-state index < -0.39 is 0 Å². The Bertz CT molecular complexity index is 1120. The molecule has 0 saturated heterocycles. The predicted molar refractivity (Wildman–Crippen MR) is 130 cm³/mol. The third kappa shape index (κ3) is 5.39. The first-order chi connectivity index (χ1) is 16.4. The van der Waals surface area contributed by atoms with Gasteiger partial charge in [0.15, 0.2) is 28.6 Å². The summed E-state index contributed by atoms with van der Waals surface area (Å²) in [7, 11) is 8.39. The highest BCUT2D eigenvalue weighted by atomic mass is 16.5. The highest BCUT2D eigenvalue weighted by Gasteiger charge is 2.27. The summed E-state index contributed by atoms with van der Waals surface area (Å²) >= 11 is 0. The van der Waals surface area contributed by atoms with Crippen molar-refractivity contribution in [1.29, 1.82) is 0 Å². The molecule has 2 aromatic carbocycles. The zero-order chi connectivity index (χ0) is 24.7. The first-order valence-corrected chi connectivity index (χ1v) is 11.1. The van der Waals surface area contributed by atoms with E-state index in [1.54, 1.807) is 20.3 Å². The Kier molecular flexibility index (Phi) is 8.65. The van der Waals surface area contributed by atoms with Gasteiger partial charge in [-0.3, -0.25) is 4.79 Å². The van der Waals surface area contributed by atoms with Gasteiger partial charge in [0, 0.05) is 13.1 Å². The van der Waals surface area contributed by atoms with Gasteiger partial charge >= 0.3 is 0 Å². The Morgan fingerprint density at radius 2 is 1.65 bits per heavy atom.